The molecule has 1 rings (SSSR count). The molecule has 1 atom stereocenters. The van der Waals surface area contributed by atoms with Crippen LogP contribution in [0.5, 0.6) is 0 Å². The predicted octanol–water partition coefficient (Wildman–Crippen LogP) is 1.90. The number of nitrogens with zero attached hydrogens (tertiary/aromatic N) is 2. The zero-order chi connectivity index (χ0) is 13.8. The number of unbranched alkanes of at least 4 members (excludes halogenated alkanes) is 1. The molecule has 0 aliphatic carbocycles. The first kappa shape index (κ1) is 15.4. The van der Waals surface area contributed by atoms with E-state index in [1.165, 1.54) is 12.8 Å². The molecule has 0 radical (unpaired) electrons. The highest BCUT2D eigenvalue weighted by Gasteiger charge is 2.32. The fourth-order valence-electron chi connectivity index (χ4n) is 2.94. The highest BCUT2D eigenvalue weighted by atomic mass is 16.4. The van der Waals surface area contributed by atoms with Crippen molar-refractivity contribution in [1.29, 1.82) is 0 Å². The molecule has 1 heterocycles. The molecule has 1 fully saturated rings. The van der Waals surface area contributed by atoms with Crippen molar-refractivity contribution in [3.8, 4) is 0 Å². The number of rotatable bonds is 5. The summed E-state index contributed by atoms with van der Waals surface area (Å²) in [6.07, 6.45) is 2.63. The Bertz CT molecular complexity index is 279. The average molecular weight is 256 g/mol. The molecule has 0 spiro atoms. The highest BCUT2D eigenvalue weighted by molar-refractivity contribution is 5.67. The van der Waals surface area contributed by atoms with Crippen LogP contribution in [-0.4, -0.2) is 60.1 Å². The first-order valence-corrected chi connectivity index (χ1v) is 6.98. The van der Waals surface area contributed by atoms with Crippen LogP contribution in [0.25, 0.3) is 0 Å². The average Bonchev–Trinajstić information content (AvgIpc) is 2.32. The van der Waals surface area contributed by atoms with Crippen molar-refractivity contribution in [2.75, 3.05) is 33.2 Å². The molecule has 1 unspecified atom stereocenters. The third-order valence-corrected chi connectivity index (χ3v) is 3.66. The second-order valence-corrected chi connectivity index (χ2v) is 6.42. The molecule has 0 aromatic rings. The normalized spacial score (nSPS) is 25.9. The maximum atomic E-state index is 11.0. The van der Waals surface area contributed by atoms with E-state index >= 15 is 0 Å². The lowest BCUT2D eigenvalue weighted by Gasteiger charge is -2.30. The number of hydrogen-bond donors (Lipinski definition) is 1. The standard InChI is InChI=1S/C14H28N2O2/c1-5-6-7-16-9-12(8-13(17)18)15(4)10-14(2,3)11-16/h12H,5-11H2,1-4H3,(H,17,18). The van der Waals surface area contributed by atoms with Gasteiger partial charge in [0.2, 0.25) is 0 Å². The summed E-state index contributed by atoms with van der Waals surface area (Å²) in [5, 5.41) is 9.02. The van der Waals surface area contributed by atoms with Gasteiger partial charge in [0.1, 0.15) is 0 Å². The van der Waals surface area contributed by atoms with Crippen LogP contribution >= 0.6 is 0 Å². The Labute approximate surface area is 111 Å². The van der Waals surface area contributed by atoms with E-state index in [0.717, 1.165) is 26.2 Å². The minimum Gasteiger partial charge on any atom is -0.481 e. The van der Waals surface area contributed by atoms with Crippen molar-refractivity contribution in [3.63, 3.8) is 0 Å². The summed E-state index contributed by atoms with van der Waals surface area (Å²) in [4.78, 5) is 15.6. The van der Waals surface area contributed by atoms with E-state index < -0.39 is 5.97 Å². The van der Waals surface area contributed by atoms with E-state index in [1.807, 2.05) is 0 Å². The van der Waals surface area contributed by atoms with Crippen molar-refractivity contribution in [2.45, 2.75) is 46.1 Å². The first-order valence-electron chi connectivity index (χ1n) is 6.98. The maximum absolute atomic E-state index is 11.0. The van der Waals surface area contributed by atoms with Crippen molar-refractivity contribution in [3.05, 3.63) is 0 Å². The molecule has 1 aliphatic rings. The van der Waals surface area contributed by atoms with Gasteiger partial charge < -0.3 is 14.9 Å². The molecule has 0 bridgehead atoms. The first-order chi connectivity index (χ1) is 8.34. The highest BCUT2D eigenvalue weighted by Crippen LogP contribution is 2.24. The van der Waals surface area contributed by atoms with Crippen LogP contribution in [0, 0.1) is 5.41 Å². The molecule has 4 heteroatoms. The number of hydrogen-bond acceptors (Lipinski definition) is 3. The Morgan fingerprint density at radius 2 is 2.06 bits per heavy atom. The molecule has 1 aliphatic heterocycles. The Kier molecular flexibility index (Phi) is 5.60. The van der Waals surface area contributed by atoms with Crippen LogP contribution in [0.2, 0.25) is 0 Å². The SMILES string of the molecule is CCCCN1CC(CC(=O)O)N(C)CC(C)(C)C1. The summed E-state index contributed by atoms with van der Waals surface area (Å²) >= 11 is 0. The zero-order valence-corrected chi connectivity index (χ0v) is 12.3. The number of carboxylic acids is 1. The van der Waals surface area contributed by atoms with Gasteiger partial charge >= 0.3 is 5.97 Å². The number of aliphatic carboxylic acids is 1. The molecule has 0 aromatic carbocycles. The van der Waals surface area contributed by atoms with Crippen LogP contribution in [0.3, 0.4) is 0 Å². The molecular formula is C14H28N2O2. The second kappa shape index (κ2) is 6.53. The van der Waals surface area contributed by atoms with E-state index in [4.69, 9.17) is 5.11 Å². The van der Waals surface area contributed by atoms with Gasteiger partial charge in [-0.15, -0.1) is 0 Å². The van der Waals surface area contributed by atoms with Crippen molar-refractivity contribution in [1.82, 2.24) is 9.80 Å². The molecule has 0 saturated carbocycles. The largest absolute Gasteiger partial charge is 0.481 e. The van der Waals surface area contributed by atoms with Crippen LogP contribution in [0.4, 0.5) is 0 Å². The lowest BCUT2D eigenvalue weighted by Crippen LogP contribution is -2.40. The molecule has 4 nitrogen and oxygen atoms in total. The van der Waals surface area contributed by atoms with Gasteiger partial charge in [-0.2, -0.15) is 0 Å². The van der Waals surface area contributed by atoms with Gasteiger partial charge in [0.15, 0.2) is 0 Å². The lowest BCUT2D eigenvalue weighted by atomic mass is 9.92. The van der Waals surface area contributed by atoms with Crippen LogP contribution in [-0.2, 0) is 4.79 Å². The van der Waals surface area contributed by atoms with E-state index in [2.05, 4.69) is 37.6 Å². The lowest BCUT2D eigenvalue weighted by molar-refractivity contribution is -0.138. The summed E-state index contributed by atoms with van der Waals surface area (Å²) in [6, 6.07) is 0.140. The quantitative estimate of drug-likeness (QED) is 0.816. The predicted molar refractivity (Wildman–Crippen MR) is 73.8 cm³/mol. The Balaban J connectivity index is 2.71. The molecule has 18 heavy (non-hydrogen) atoms. The van der Waals surface area contributed by atoms with Gasteiger partial charge in [-0.1, -0.05) is 27.2 Å². The zero-order valence-electron chi connectivity index (χ0n) is 12.3. The molecule has 0 amide bonds. The second-order valence-electron chi connectivity index (χ2n) is 6.42. The monoisotopic (exact) mass is 256 g/mol. The maximum Gasteiger partial charge on any atom is 0.304 e. The summed E-state index contributed by atoms with van der Waals surface area (Å²) in [5.41, 5.74) is 0.232. The topological polar surface area (TPSA) is 43.8 Å². The van der Waals surface area contributed by atoms with Crippen molar-refractivity contribution in [2.24, 2.45) is 5.41 Å². The van der Waals surface area contributed by atoms with Crippen molar-refractivity contribution < 1.29 is 9.90 Å². The third-order valence-electron chi connectivity index (χ3n) is 3.66. The Morgan fingerprint density at radius 3 is 2.61 bits per heavy atom. The van der Waals surface area contributed by atoms with Crippen molar-refractivity contribution >= 4 is 5.97 Å². The van der Waals surface area contributed by atoms with Gasteiger partial charge in [-0.25, -0.2) is 0 Å². The molecule has 0 aromatic heterocycles. The van der Waals surface area contributed by atoms with E-state index in [0.29, 0.717) is 0 Å². The summed E-state index contributed by atoms with van der Waals surface area (Å²) < 4.78 is 0. The van der Waals surface area contributed by atoms with Crippen LogP contribution in [0.15, 0.2) is 0 Å². The van der Waals surface area contributed by atoms with E-state index in [1.54, 1.807) is 0 Å². The smallest absolute Gasteiger partial charge is 0.304 e. The minimum absolute atomic E-state index is 0.140. The molecular weight excluding hydrogens is 228 g/mol. The number of likely N-dealkylation sites (N-methyl/N-ethyl adjacent to an activating group) is 1. The van der Waals surface area contributed by atoms with Gasteiger partial charge in [0.05, 0.1) is 6.42 Å². The fraction of sp³-hybridized carbons (Fsp3) is 0.929. The minimum atomic E-state index is -0.693. The number of carbonyl (C=O) groups is 1. The fourth-order valence-corrected chi connectivity index (χ4v) is 2.94. The molecule has 106 valence electrons. The molecule has 1 saturated heterocycles. The van der Waals surface area contributed by atoms with Crippen LogP contribution in [0.1, 0.15) is 40.0 Å². The van der Waals surface area contributed by atoms with E-state index in [9.17, 15) is 4.79 Å². The Hall–Kier alpha value is -0.610. The van der Waals surface area contributed by atoms with Crippen LogP contribution < -0.4 is 0 Å². The van der Waals surface area contributed by atoms with Gasteiger partial charge in [-0.05, 0) is 25.4 Å². The molecule has 1 N–H and O–H groups in total. The summed E-state index contributed by atoms with van der Waals surface area (Å²) in [7, 11) is 2.05. The van der Waals surface area contributed by atoms with Gasteiger partial charge in [0, 0.05) is 25.7 Å². The summed E-state index contributed by atoms with van der Waals surface area (Å²) in [6.45, 7) is 10.7. The Morgan fingerprint density at radius 1 is 1.39 bits per heavy atom. The summed E-state index contributed by atoms with van der Waals surface area (Å²) in [5.74, 6) is -0.693. The van der Waals surface area contributed by atoms with Gasteiger partial charge in [-0.3, -0.25) is 4.79 Å². The van der Waals surface area contributed by atoms with Gasteiger partial charge in [0.25, 0.3) is 0 Å². The third kappa shape index (κ3) is 4.94. The number of carboxylic acid groups (broad SMARTS) is 1. The van der Waals surface area contributed by atoms with E-state index in [-0.39, 0.29) is 17.9 Å².